The SMILES string of the molecule is NC(=O)c1cncc(C2(Cl)CC2)n1. The Morgan fingerprint density at radius 1 is 1.54 bits per heavy atom. The van der Waals surface area contributed by atoms with Crippen LogP contribution in [0.1, 0.15) is 29.0 Å². The van der Waals surface area contributed by atoms with Crippen LogP contribution >= 0.6 is 11.6 Å². The molecule has 1 heterocycles. The van der Waals surface area contributed by atoms with Crippen molar-refractivity contribution in [1.82, 2.24) is 9.97 Å². The van der Waals surface area contributed by atoms with Gasteiger partial charge in [-0.3, -0.25) is 9.78 Å². The monoisotopic (exact) mass is 197 g/mol. The van der Waals surface area contributed by atoms with Crippen LogP contribution in [0.15, 0.2) is 12.4 Å². The Labute approximate surface area is 80.1 Å². The van der Waals surface area contributed by atoms with Crippen molar-refractivity contribution in [1.29, 1.82) is 0 Å². The number of rotatable bonds is 2. The molecule has 1 aliphatic carbocycles. The van der Waals surface area contributed by atoms with E-state index in [0.29, 0.717) is 5.69 Å². The topological polar surface area (TPSA) is 68.9 Å². The van der Waals surface area contributed by atoms with Crippen molar-refractivity contribution < 1.29 is 4.79 Å². The van der Waals surface area contributed by atoms with E-state index in [4.69, 9.17) is 17.3 Å². The number of primary amides is 1. The standard InChI is InChI=1S/C8H8ClN3O/c9-8(1-2-8)6-4-11-3-5(12-6)7(10)13/h3-4H,1-2H2,(H2,10,13). The Kier molecular flexibility index (Phi) is 1.73. The third-order valence-electron chi connectivity index (χ3n) is 2.04. The second kappa shape index (κ2) is 2.67. The normalized spacial score (nSPS) is 18.2. The first kappa shape index (κ1) is 8.44. The minimum Gasteiger partial charge on any atom is -0.364 e. The highest BCUT2D eigenvalue weighted by Crippen LogP contribution is 2.50. The lowest BCUT2D eigenvalue weighted by Gasteiger charge is -2.04. The third-order valence-corrected chi connectivity index (χ3v) is 2.61. The number of halogens is 1. The quantitative estimate of drug-likeness (QED) is 0.714. The van der Waals surface area contributed by atoms with Crippen molar-refractivity contribution >= 4 is 17.5 Å². The van der Waals surface area contributed by atoms with Gasteiger partial charge < -0.3 is 5.73 Å². The fraction of sp³-hybridized carbons (Fsp3) is 0.375. The Balaban J connectivity index is 2.38. The van der Waals surface area contributed by atoms with Crippen LogP contribution in [-0.4, -0.2) is 15.9 Å². The third kappa shape index (κ3) is 1.49. The van der Waals surface area contributed by atoms with Crippen LogP contribution in [0.2, 0.25) is 0 Å². The van der Waals surface area contributed by atoms with Gasteiger partial charge in [0.1, 0.15) is 5.69 Å². The molecule has 5 heteroatoms. The van der Waals surface area contributed by atoms with Gasteiger partial charge in [0, 0.05) is 0 Å². The van der Waals surface area contributed by atoms with Crippen molar-refractivity contribution in [3.63, 3.8) is 0 Å². The average molecular weight is 198 g/mol. The fourth-order valence-electron chi connectivity index (χ4n) is 1.07. The number of hydrogen-bond acceptors (Lipinski definition) is 3. The van der Waals surface area contributed by atoms with Crippen LogP contribution in [0.5, 0.6) is 0 Å². The summed E-state index contributed by atoms with van der Waals surface area (Å²) in [4.78, 5) is 18.3. The van der Waals surface area contributed by atoms with Crippen LogP contribution in [-0.2, 0) is 4.87 Å². The molecular weight excluding hydrogens is 190 g/mol. The van der Waals surface area contributed by atoms with Gasteiger partial charge >= 0.3 is 0 Å². The first-order valence-corrected chi connectivity index (χ1v) is 4.31. The number of aromatic nitrogens is 2. The molecule has 0 aromatic carbocycles. The molecule has 1 amide bonds. The number of alkyl halides is 1. The van der Waals surface area contributed by atoms with E-state index < -0.39 is 10.8 Å². The summed E-state index contributed by atoms with van der Waals surface area (Å²) in [7, 11) is 0. The largest absolute Gasteiger partial charge is 0.364 e. The highest BCUT2D eigenvalue weighted by Gasteiger charge is 2.44. The summed E-state index contributed by atoms with van der Waals surface area (Å²) in [6, 6.07) is 0. The predicted molar refractivity (Wildman–Crippen MR) is 47.3 cm³/mol. The minimum absolute atomic E-state index is 0.171. The molecule has 1 saturated carbocycles. The van der Waals surface area contributed by atoms with Gasteiger partial charge in [-0.05, 0) is 12.8 Å². The van der Waals surface area contributed by atoms with E-state index in [0.717, 1.165) is 12.8 Å². The molecule has 2 rings (SSSR count). The van der Waals surface area contributed by atoms with Crippen molar-refractivity contribution in [3.8, 4) is 0 Å². The van der Waals surface area contributed by atoms with E-state index >= 15 is 0 Å². The molecule has 1 aromatic rings. The molecule has 68 valence electrons. The summed E-state index contributed by atoms with van der Waals surface area (Å²) in [5.74, 6) is -0.574. The maximum Gasteiger partial charge on any atom is 0.268 e. The molecule has 0 unspecified atom stereocenters. The lowest BCUT2D eigenvalue weighted by molar-refractivity contribution is 0.0995. The second-order valence-corrected chi connectivity index (χ2v) is 3.84. The molecule has 2 N–H and O–H groups in total. The molecule has 1 aliphatic rings. The van der Waals surface area contributed by atoms with Gasteiger partial charge in [-0.1, -0.05) is 0 Å². The van der Waals surface area contributed by atoms with E-state index in [2.05, 4.69) is 9.97 Å². The van der Waals surface area contributed by atoms with Gasteiger partial charge in [0.15, 0.2) is 0 Å². The molecule has 0 saturated heterocycles. The lowest BCUT2D eigenvalue weighted by Crippen LogP contribution is -2.15. The molecule has 1 fully saturated rings. The lowest BCUT2D eigenvalue weighted by atomic mass is 10.3. The van der Waals surface area contributed by atoms with Gasteiger partial charge in [0.05, 0.1) is 23.0 Å². The van der Waals surface area contributed by atoms with E-state index in [9.17, 15) is 4.79 Å². The Morgan fingerprint density at radius 3 is 2.77 bits per heavy atom. The smallest absolute Gasteiger partial charge is 0.268 e. The Bertz CT molecular complexity index is 362. The summed E-state index contributed by atoms with van der Waals surface area (Å²) in [6.07, 6.45) is 4.68. The van der Waals surface area contributed by atoms with Crippen LogP contribution in [0.4, 0.5) is 0 Å². The summed E-state index contributed by atoms with van der Waals surface area (Å²) >= 11 is 6.09. The first-order chi connectivity index (χ1) is 6.12. The number of carbonyl (C=O) groups excluding carboxylic acids is 1. The van der Waals surface area contributed by atoms with Crippen LogP contribution in [0.25, 0.3) is 0 Å². The Hall–Kier alpha value is -1.16. The molecule has 4 nitrogen and oxygen atoms in total. The highest BCUT2D eigenvalue weighted by molar-refractivity contribution is 6.25. The van der Waals surface area contributed by atoms with E-state index in [1.165, 1.54) is 6.20 Å². The molecule has 0 bridgehead atoms. The van der Waals surface area contributed by atoms with Crippen LogP contribution < -0.4 is 5.73 Å². The molecule has 0 atom stereocenters. The number of nitrogens with zero attached hydrogens (tertiary/aromatic N) is 2. The van der Waals surface area contributed by atoms with Crippen LogP contribution in [0.3, 0.4) is 0 Å². The number of carbonyl (C=O) groups is 1. The van der Waals surface area contributed by atoms with Crippen molar-refractivity contribution in [3.05, 3.63) is 23.8 Å². The zero-order valence-corrected chi connectivity index (χ0v) is 7.58. The van der Waals surface area contributed by atoms with Crippen LogP contribution in [0, 0.1) is 0 Å². The van der Waals surface area contributed by atoms with Gasteiger partial charge in [0.25, 0.3) is 5.91 Å². The molecule has 0 aliphatic heterocycles. The van der Waals surface area contributed by atoms with Gasteiger partial charge in [-0.2, -0.15) is 0 Å². The van der Waals surface area contributed by atoms with Crippen molar-refractivity contribution in [2.24, 2.45) is 5.73 Å². The van der Waals surface area contributed by atoms with Crippen molar-refractivity contribution in [2.45, 2.75) is 17.7 Å². The summed E-state index contributed by atoms with van der Waals surface area (Å²) < 4.78 is 0. The maximum atomic E-state index is 10.8. The Morgan fingerprint density at radius 2 is 2.23 bits per heavy atom. The number of hydrogen-bond donors (Lipinski definition) is 1. The minimum atomic E-state index is -0.574. The summed E-state index contributed by atoms with van der Waals surface area (Å²) in [5.41, 5.74) is 5.88. The number of nitrogens with two attached hydrogens (primary N) is 1. The van der Waals surface area contributed by atoms with E-state index in [-0.39, 0.29) is 5.69 Å². The maximum absolute atomic E-state index is 10.8. The zero-order valence-electron chi connectivity index (χ0n) is 6.83. The fourth-order valence-corrected chi connectivity index (χ4v) is 1.25. The average Bonchev–Trinajstić information content (AvgIpc) is 2.85. The summed E-state index contributed by atoms with van der Waals surface area (Å²) in [5, 5.41) is 0. The molecule has 1 aromatic heterocycles. The molecular formula is C8H8ClN3O. The van der Waals surface area contributed by atoms with Gasteiger partial charge in [-0.15, -0.1) is 11.6 Å². The molecule has 0 radical (unpaired) electrons. The van der Waals surface area contributed by atoms with Gasteiger partial charge in [0.2, 0.25) is 0 Å². The zero-order chi connectivity index (χ0) is 9.47. The predicted octanol–water partition coefficient (Wildman–Crippen LogP) is 0.803. The molecule has 13 heavy (non-hydrogen) atoms. The highest BCUT2D eigenvalue weighted by atomic mass is 35.5. The summed E-state index contributed by atoms with van der Waals surface area (Å²) in [6.45, 7) is 0. The molecule has 0 spiro atoms. The van der Waals surface area contributed by atoms with Crippen molar-refractivity contribution in [2.75, 3.05) is 0 Å². The van der Waals surface area contributed by atoms with Gasteiger partial charge in [-0.25, -0.2) is 4.98 Å². The van der Waals surface area contributed by atoms with E-state index in [1.807, 2.05) is 0 Å². The second-order valence-electron chi connectivity index (χ2n) is 3.12. The number of amides is 1. The van der Waals surface area contributed by atoms with E-state index in [1.54, 1.807) is 6.20 Å². The first-order valence-electron chi connectivity index (χ1n) is 3.93.